The molecule has 2 fully saturated rings. The maximum absolute atomic E-state index is 13.0. The van der Waals surface area contributed by atoms with Crippen molar-refractivity contribution in [3.63, 3.8) is 0 Å². The zero-order valence-corrected chi connectivity index (χ0v) is 17.7. The first kappa shape index (κ1) is 20.6. The van der Waals surface area contributed by atoms with Crippen molar-refractivity contribution in [3.05, 3.63) is 69.8 Å². The average molecular weight is 442 g/mol. The molecule has 2 aliphatic rings. The Labute approximate surface area is 183 Å². The number of halogens is 1. The highest BCUT2D eigenvalue weighted by molar-refractivity contribution is 8.18. The minimum atomic E-state index is -0.441. The Kier molecular flexibility index (Phi) is 6.20. The predicted molar refractivity (Wildman–Crippen MR) is 117 cm³/mol. The van der Waals surface area contributed by atoms with Crippen molar-refractivity contribution in [2.75, 3.05) is 13.1 Å². The molecule has 6 nitrogen and oxygen atoms in total. The van der Waals surface area contributed by atoms with Crippen LogP contribution in [0.4, 0.5) is 4.79 Å². The van der Waals surface area contributed by atoms with Crippen molar-refractivity contribution < 1.29 is 14.4 Å². The fourth-order valence-corrected chi connectivity index (χ4v) is 4.69. The highest BCUT2D eigenvalue weighted by Crippen LogP contribution is 2.34. The number of aromatic nitrogens is 1. The second-order valence-electron chi connectivity index (χ2n) is 7.20. The number of nitrogens with zero attached hydrogens (tertiary/aromatic N) is 3. The first-order valence-electron chi connectivity index (χ1n) is 9.73. The van der Waals surface area contributed by atoms with E-state index in [1.165, 1.54) is 0 Å². The van der Waals surface area contributed by atoms with E-state index in [0.29, 0.717) is 16.5 Å². The van der Waals surface area contributed by atoms with Crippen molar-refractivity contribution >= 4 is 46.5 Å². The summed E-state index contributed by atoms with van der Waals surface area (Å²) < 4.78 is 0. The van der Waals surface area contributed by atoms with E-state index in [1.54, 1.807) is 47.6 Å². The number of piperidine rings is 1. The Bertz CT molecular complexity index is 994. The lowest BCUT2D eigenvalue weighted by Crippen LogP contribution is -2.45. The predicted octanol–water partition coefficient (Wildman–Crippen LogP) is 4.53. The number of carbonyl (C=O) groups is 3. The van der Waals surface area contributed by atoms with Gasteiger partial charge in [-0.1, -0.05) is 29.8 Å². The molecular weight excluding hydrogens is 422 g/mol. The standard InChI is InChI=1S/C22H20ClN3O3S/c23-17-8-6-15(7-9-17)12-19-21(28)26(22(29)30-19)14-20(27)25-11-2-1-5-18(25)16-4-3-10-24-13-16/h3-4,6-10,12-13,18H,1-2,5,11,14H2/b19-12+. The van der Waals surface area contributed by atoms with Crippen molar-refractivity contribution in [2.24, 2.45) is 0 Å². The quantitative estimate of drug-likeness (QED) is 0.652. The minimum Gasteiger partial charge on any atom is -0.334 e. The van der Waals surface area contributed by atoms with Crippen LogP contribution in [-0.4, -0.2) is 44.9 Å². The summed E-state index contributed by atoms with van der Waals surface area (Å²) in [7, 11) is 0. The maximum atomic E-state index is 13.0. The number of imide groups is 1. The molecule has 1 aromatic carbocycles. The molecule has 2 aliphatic heterocycles. The van der Waals surface area contributed by atoms with Gasteiger partial charge in [0.05, 0.1) is 10.9 Å². The molecule has 1 aromatic heterocycles. The molecule has 0 radical (unpaired) electrons. The molecule has 1 unspecified atom stereocenters. The smallest absolute Gasteiger partial charge is 0.294 e. The van der Waals surface area contributed by atoms with E-state index in [1.807, 2.05) is 12.1 Å². The summed E-state index contributed by atoms with van der Waals surface area (Å²) in [6, 6.07) is 10.7. The average Bonchev–Trinajstić information content (AvgIpc) is 3.03. The third kappa shape index (κ3) is 4.42. The van der Waals surface area contributed by atoms with Crippen LogP contribution in [-0.2, 0) is 9.59 Å². The number of hydrogen-bond donors (Lipinski definition) is 0. The number of rotatable bonds is 4. The molecule has 3 heterocycles. The monoisotopic (exact) mass is 441 g/mol. The lowest BCUT2D eigenvalue weighted by atomic mass is 9.96. The van der Waals surface area contributed by atoms with Crippen molar-refractivity contribution in [1.82, 2.24) is 14.8 Å². The largest absolute Gasteiger partial charge is 0.334 e. The Morgan fingerprint density at radius 1 is 1.20 bits per heavy atom. The second kappa shape index (κ2) is 9.02. The van der Waals surface area contributed by atoms with E-state index >= 15 is 0 Å². The Morgan fingerprint density at radius 2 is 2.00 bits per heavy atom. The normalized spacial score (nSPS) is 20.8. The molecule has 3 amide bonds. The van der Waals surface area contributed by atoms with Gasteiger partial charge in [-0.15, -0.1) is 0 Å². The summed E-state index contributed by atoms with van der Waals surface area (Å²) in [6.45, 7) is 0.356. The van der Waals surface area contributed by atoms with Crippen molar-refractivity contribution in [2.45, 2.75) is 25.3 Å². The molecule has 1 atom stereocenters. The number of carbonyl (C=O) groups excluding carboxylic acids is 3. The van der Waals surface area contributed by atoms with Gasteiger partial charge in [0.2, 0.25) is 5.91 Å². The van der Waals surface area contributed by atoms with Gasteiger partial charge in [0.25, 0.3) is 11.1 Å². The Balaban J connectivity index is 1.49. The van der Waals surface area contributed by atoms with Gasteiger partial charge in [-0.3, -0.25) is 24.3 Å². The van der Waals surface area contributed by atoms with Crippen LogP contribution in [0.25, 0.3) is 6.08 Å². The van der Waals surface area contributed by atoms with Crippen LogP contribution in [0.5, 0.6) is 0 Å². The molecule has 0 N–H and O–H groups in total. The van der Waals surface area contributed by atoms with Gasteiger partial charge in [-0.2, -0.15) is 0 Å². The number of benzene rings is 1. The summed E-state index contributed by atoms with van der Waals surface area (Å²) in [5, 5.41) is 0.166. The third-order valence-corrected chi connectivity index (χ3v) is 6.39. The topological polar surface area (TPSA) is 70.6 Å². The van der Waals surface area contributed by atoms with Crippen molar-refractivity contribution in [1.29, 1.82) is 0 Å². The maximum Gasteiger partial charge on any atom is 0.294 e. The van der Waals surface area contributed by atoms with Crippen LogP contribution < -0.4 is 0 Å². The van der Waals surface area contributed by atoms with Gasteiger partial charge < -0.3 is 4.90 Å². The first-order valence-corrected chi connectivity index (χ1v) is 10.9. The molecule has 154 valence electrons. The fourth-order valence-electron chi connectivity index (χ4n) is 3.72. The molecule has 4 rings (SSSR count). The number of likely N-dealkylation sites (tertiary alicyclic amines) is 1. The summed E-state index contributed by atoms with van der Waals surface area (Å²) >= 11 is 6.74. The van der Waals surface area contributed by atoms with Crippen LogP contribution in [0, 0.1) is 0 Å². The third-order valence-electron chi connectivity index (χ3n) is 5.23. The summed E-state index contributed by atoms with van der Waals surface area (Å²) in [5.41, 5.74) is 1.74. The number of amides is 3. The van der Waals surface area contributed by atoms with E-state index in [9.17, 15) is 14.4 Å². The molecule has 0 bridgehead atoms. The first-order chi connectivity index (χ1) is 14.5. The van der Waals surface area contributed by atoms with E-state index in [0.717, 1.165) is 47.1 Å². The lowest BCUT2D eigenvalue weighted by molar-refractivity contribution is -0.138. The zero-order valence-electron chi connectivity index (χ0n) is 16.2. The van der Waals surface area contributed by atoms with Crippen LogP contribution in [0.3, 0.4) is 0 Å². The van der Waals surface area contributed by atoms with E-state index < -0.39 is 11.1 Å². The van der Waals surface area contributed by atoms with Gasteiger partial charge in [0.15, 0.2) is 0 Å². The van der Waals surface area contributed by atoms with Gasteiger partial charge >= 0.3 is 0 Å². The van der Waals surface area contributed by atoms with Crippen LogP contribution in [0.2, 0.25) is 5.02 Å². The molecule has 2 saturated heterocycles. The Morgan fingerprint density at radius 3 is 2.73 bits per heavy atom. The number of thioether (sulfide) groups is 1. The van der Waals surface area contributed by atoms with E-state index in [-0.39, 0.29) is 18.5 Å². The SMILES string of the molecule is O=C1S/C(=C/c2ccc(Cl)cc2)C(=O)N1CC(=O)N1CCCCC1c1cccnc1. The van der Waals surface area contributed by atoms with Gasteiger partial charge in [0, 0.05) is 24.0 Å². The summed E-state index contributed by atoms with van der Waals surface area (Å²) in [6.07, 6.45) is 7.88. The fraction of sp³-hybridized carbons (Fsp3) is 0.273. The van der Waals surface area contributed by atoms with E-state index in [2.05, 4.69) is 4.98 Å². The summed E-state index contributed by atoms with van der Waals surface area (Å²) in [5.74, 6) is -0.665. The highest BCUT2D eigenvalue weighted by atomic mass is 35.5. The van der Waals surface area contributed by atoms with Crippen LogP contribution >= 0.6 is 23.4 Å². The zero-order chi connectivity index (χ0) is 21.1. The van der Waals surface area contributed by atoms with E-state index in [4.69, 9.17) is 11.6 Å². The Hall–Kier alpha value is -2.64. The minimum absolute atomic E-state index is 0.0792. The molecule has 0 spiro atoms. The van der Waals surface area contributed by atoms with Gasteiger partial charge in [0.1, 0.15) is 6.54 Å². The molecule has 8 heteroatoms. The highest BCUT2D eigenvalue weighted by Gasteiger charge is 2.38. The van der Waals surface area contributed by atoms with Gasteiger partial charge in [-0.25, -0.2) is 0 Å². The van der Waals surface area contributed by atoms with Gasteiger partial charge in [-0.05, 0) is 66.4 Å². The molecule has 2 aromatic rings. The summed E-state index contributed by atoms with van der Waals surface area (Å²) in [4.78, 5) is 45.5. The second-order valence-corrected chi connectivity index (χ2v) is 8.63. The van der Waals surface area contributed by atoms with Crippen LogP contribution in [0.1, 0.15) is 36.4 Å². The molecule has 0 saturated carbocycles. The lowest BCUT2D eigenvalue weighted by Gasteiger charge is -2.36. The van der Waals surface area contributed by atoms with Crippen molar-refractivity contribution in [3.8, 4) is 0 Å². The number of hydrogen-bond acceptors (Lipinski definition) is 5. The molecule has 0 aliphatic carbocycles. The van der Waals surface area contributed by atoms with Crippen LogP contribution in [0.15, 0.2) is 53.7 Å². The molecule has 30 heavy (non-hydrogen) atoms. The molecular formula is C22H20ClN3O3S. The number of pyridine rings is 1.